The van der Waals surface area contributed by atoms with Gasteiger partial charge in [0.15, 0.2) is 6.10 Å². The van der Waals surface area contributed by atoms with Crippen LogP contribution in [0.25, 0.3) is 0 Å². The molecule has 0 N–H and O–H groups in total. The summed E-state index contributed by atoms with van der Waals surface area (Å²) in [6.07, 6.45) is 64.7. The van der Waals surface area contributed by atoms with Crippen molar-refractivity contribution in [3.8, 4) is 0 Å². The summed E-state index contributed by atoms with van der Waals surface area (Å²) in [4.78, 5) is 37.0. The molecule has 0 saturated heterocycles. The van der Waals surface area contributed by atoms with E-state index in [9.17, 15) is 19.5 Å². The Morgan fingerprint density at radius 1 is 0.500 bits per heavy atom. The summed E-state index contributed by atoms with van der Waals surface area (Å²) in [6.45, 7) is 4.37. The van der Waals surface area contributed by atoms with Crippen LogP contribution in [0.4, 0.5) is 0 Å². The van der Waals surface area contributed by atoms with E-state index in [1.54, 1.807) is 21.1 Å². The van der Waals surface area contributed by atoms with Crippen molar-refractivity contribution in [2.24, 2.45) is 0 Å². The van der Waals surface area contributed by atoms with Crippen LogP contribution in [0.3, 0.4) is 0 Å². The van der Waals surface area contributed by atoms with Crippen molar-refractivity contribution < 1.29 is 38.2 Å². The lowest BCUT2D eigenvalue weighted by atomic mass is 10.1. The van der Waals surface area contributed by atoms with Crippen molar-refractivity contribution in [2.45, 2.75) is 161 Å². The first kappa shape index (κ1) is 59.5. The lowest BCUT2D eigenvalue weighted by Crippen LogP contribution is -2.55. The number of carbonyl (C=O) groups is 3. The van der Waals surface area contributed by atoms with E-state index in [1.807, 2.05) is 36.5 Å². The standard InChI is InChI=1S/C56H87NO7/c1-6-8-10-12-14-16-18-20-22-24-26-27-28-29-31-33-35-37-39-41-43-45-47-55(59)64-52(50-62-49-48-53(56(60)61)57(3,4)5)51-63-54(58)46-44-42-40-38-36-34-32-30-25-23-21-19-17-15-13-11-9-7-2/h8,10-11,13-17,19-23,25-27,29-32,35,37,52-53H,6-7,9,12,18,24,28,33-34,36,38-51H2,1-5H3/b10-8+,13-11+,16-14+,17-15+,21-19+,22-20+,25-23+,27-26+,31-29+,32-30+,37-35+. The number of aliphatic carboxylic acids is 1. The fourth-order valence-electron chi connectivity index (χ4n) is 6.16. The van der Waals surface area contributed by atoms with Gasteiger partial charge in [-0.05, 0) is 83.5 Å². The maximum atomic E-state index is 12.8. The second kappa shape index (κ2) is 45.1. The summed E-state index contributed by atoms with van der Waals surface area (Å²) in [5.74, 6) is -1.83. The molecule has 8 heteroatoms. The van der Waals surface area contributed by atoms with E-state index in [1.165, 1.54) is 6.42 Å². The van der Waals surface area contributed by atoms with Crippen molar-refractivity contribution in [3.05, 3.63) is 134 Å². The van der Waals surface area contributed by atoms with Crippen molar-refractivity contribution >= 4 is 17.9 Å². The largest absolute Gasteiger partial charge is 0.544 e. The summed E-state index contributed by atoms with van der Waals surface area (Å²) in [5.41, 5.74) is 0. The topological polar surface area (TPSA) is 102 Å². The Morgan fingerprint density at radius 3 is 1.45 bits per heavy atom. The smallest absolute Gasteiger partial charge is 0.306 e. The van der Waals surface area contributed by atoms with Crippen LogP contribution >= 0.6 is 0 Å². The Labute approximate surface area is 390 Å². The fourth-order valence-corrected chi connectivity index (χ4v) is 6.16. The first-order valence-corrected chi connectivity index (χ1v) is 24.3. The van der Waals surface area contributed by atoms with Gasteiger partial charge in [-0.1, -0.05) is 180 Å². The number of carboxylic acids is 1. The van der Waals surface area contributed by atoms with Crippen LogP contribution in [0.5, 0.6) is 0 Å². The summed E-state index contributed by atoms with van der Waals surface area (Å²) >= 11 is 0. The number of esters is 2. The molecule has 0 bridgehead atoms. The number of carbonyl (C=O) groups excluding carboxylic acids is 3. The van der Waals surface area contributed by atoms with Crippen LogP contribution < -0.4 is 5.11 Å². The summed E-state index contributed by atoms with van der Waals surface area (Å²) in [5, 5.41) is 11.7. The monoisotopic (exact) mass is 886 g/mol. The molecule has 0 aliphatic carbocycles. The lowest BCUT2D eigenvalue weighted by Gasteiger charge is -2.34. The van der Waals surface area contributed by atoms with Gasteiger partial charge in [0.25, 0.3) is 0 Å². The van der Waals surface area contributed by atoms with Gasteiger partial charge < -0.3 is 28.6 Å². The van der Waals surface area contributed by atoms with Gasteiger partial charge in [-0.2, -0.15) is 0 Å². The second-order valence-corrected chi connectivity index (χ2v) is 16.7. The van der Waals surface area contributed by atoms with Gasteiger partial charge in [0.1, 0.15) is 12.6 Å². The van der Waals surface area contributed by atoms with E-state index < -0.39 is 18.1 Å². The van der Waals surface area contributed by atoms with E-state index in [0.29, 0.717) is 12.8 Å². The number of hydrogen-bond donors (Lipinski definition) is 0. The number of unbranched alkanes of at least 4 members (excludes halogenated alkanes) is 9. The minimum absolute atomic E-state index is 0.00784. The Kier molecular flexibility index (Phi) is 41.9. The Balaban J connectivity index is 4.46. The Morgan fingerprint density at radius 2 is 0.938 bits per heavy atom. The highest BCUT2D eigenvalue weighted by molar-refractivity contribution is 5.70. The van der Waals surface area contributed by atoms with Gasteiger partial charge in [-0.3, -0.25) is 9.59 Å². The molecule has 64 heavy (non-hydrogen) atoms. The molecule has 0 saturated carbocycles. The molecule has 0 aromatic heterocycles. The highest BCUT2D eigenvalue weighted by Crippen LogP contribution is 2.12. The molecule has 0 aromatic rings. The third-order valence-corrected chi connectivity index (χ3v) is 9.88. The zero-order valence-corrected chi connectivity index (χ0v) is 40.6. The molecule has 0 spiro atoms. The minimum atomic E-state index is -1.14. The molecule has 0 amide bonds. The quantitative estimate of drug-likeness (QED) is 0.0198. The number of carboxylic acid groups (broad SMARTS) is 1. The normalized spacial score (nSPS) is 14.1. The van der Waals surface area contributed by atoms with E-state index in [0.717, 1.165) is 103 Å². The Hall–Kier alpha value is -4.53. The second-order valence-electron chi connectivity index (χ2n) is 16.7. The van der Waals surface area contributed by atoms with Gasteiger partial charge in [-0.25, -0.2) is 0 Å². The number of nitrogens with zero attached hydrogens (tertiary/aromatic N) is 1. The Bertz CT molecular complexity index is 1500. The maximum Gasteiger partial charge on any atom is 0.306 e. The highest BCUT2D eigenvalue weighted by Gasteiger charge is 2.25. The predicted molar refractivity (Wildman–Crippen MR) is 267 cm³/mol. The molecule has 0 rings (SSSR count). The average Bonchev–Trinajstić information content (AvgIpc) is 3.26. The van der Waals surface area contributed by atoms with Gasteiger partial charge >= 0.3 is 11.9 Å². The van der Waals surface area contributed by atoms with Gasteiger partial charge in [0.05, 0.1) is 40.3 Å². The van der Waals surface area contributed by atoms with Crippen LogP contribution in [0.1, 0.15) is 149 Å². The van der Waals surface area contributed by atoms with E-state index in [-0.39, 0.29) is 49.1 Å². The molecular weight excluding hydrogens is 799 g/mol. The van der Waals surface area contributed by atoms with Crippen molar-refractivity contribution in [1.29, 1.82) is 0 Å². The lowest BCUT2D eigenvalue weighted by molar-refractivity contribution is -0.889. The number of hydrogen-bond acceptors (Lipinski definition) is 7. The molecule has 8 nitrogen and oxygen atoms in total. The van der Waals surface area contributed by atoms with Crippen molar-refractivity contribution in [3.63, 3.8) is 0 Å². The third-order valence-electron chi connectivity index (χ3n) is 9.88. The van der Waals surface area contributed by atoms with Crippen LogP contribution in [-0.4, -0.2) is 75.5 Å². The SMILES string of the molecule is CC/C=C/C/C=C/C/C=C/C/C=C/C/C=C/C/C=C/CCCCCC(=O)OC(COCCC(C(=O)[O-])[N+](C)(C)C)COC(=O)CCCCCCC/C=C/C=C/C=C/C=C/C=C/CCC. The number of allylic oxidation sites excluding steroid dienone is 22. The van der Waals surface area contributed by atoms with E-state index >= 15 is 0 Å². The summed E-state index contributed by atoms with van der Waals surface area (Å²) in [7, 11) is 5.37. The summed E-state index contributed by atoms with van der Waals surface area (Å²) < 4.78 is 17.1. The van der Waals surface area contributed by atoms with Gasteiger partial charge in [0.2, 0.25) is 0 Å². The maximum absolute atomic E-state index is 12.8. The zero-order chi connectivity index (χ0) is 47.0. The number of ether oxygens (including phenoxy) is 3. The molecule has 0 fully saturated rings. The van der Waals surface area contributed by atoms with E-state index in [2.05, 4.69) is 111 Å². The molecule has 2 unspecified atom stereocenters. The van der Waals surface area contributed by atoms with E-state index in [4.69, 9.17) is 14.2 Å². The fraction of sp³-hybridized carbons (Fsp3) is 0.554. The van der Waals surface area contributed by atoms with Gasteiger partial charge in [-0.15, -0.1) is 0 Å². The van der Waals surface area contributed by atoms with Gasteiger partial charge in [0, 0.05) is 19.3 Å². The van der Waals surface area contributed by atoms with Crippen LogP contribution in [0.2, 0.25) is 0 Å². The number of likely N-dealkylation sites (N-methyl/N-ethyl adjacent to an activating group) is 1. The first-order valence-electron chi connectivity index (χ1n) is 24.3. The highest BCUT2D eigenvalue weighted by atomic mass is 16.6. The average molecular weight is 886 g/mol. The first-order chi connectivity index (χ1) is 31.1. The van der Waals surface area contributed by atoms with Crippen LogP contribution in [-0.2, 0) is 28.6 Å². The summed E-state index contributed by atoms with van der Waals surface area (Å²) in [6, 6.07) is -0.747. The molecule has 0 aliphatic rings. The van der Waals surface area contributed by atoms with Crippen LogP contribution in [0.15, 0.2) is 134 Å². The molecule has 0 radical (unpaired) electrons. The third kappa shape index (κ3) is 42.8. The molecule has 0 aliphatic heterocycles. The number of quaternary nitrogens is 1. The van der Waals surface area contributed by atoms with Crippen LogP contribution in [0, 0.1) is 0 Å². The van der Waals surface area contributed by atoms with Crippen molar-refractivity contribution in [1.82, 2.24) is 0 Å². The molecule has 0 heterocycles. The molecule has 0 aromatic carbocycles. The van der Waals surface area contributed by atoms with Crippen molar-refractivity contribution in [2.75, 3.05) is 41.0 Å². The minimum Gasteiger partial charge on any atom is -0.544 e. The number of rotatable bonds is 41. The molecule has 358 valence electrons. The molecular formula is C56H87NO7. The predicted octanol–water partition coefficient (Wildman–Crippen LogP) is 12.6. The zero-order valence-electron chi connectivity index (χ0n) is 40.6. The molecule has 2 atom stereocenters.